The standard InChI is InChI=1S/C21H26N4OS/c1-2-3-5-8-15-11-16-17(13-23-19(16)22-12-15)18-14-27-20(24-18)21(26)25-9-6-4-7-10-25/h11-14H,2-10H2,1H3,(H,22,23). The van der Waals surface area contributed by atoms with Gasteiger partial charge in [-0.05, 0) is 43.7 Å². The summed E-state index contributed by atoms with van der Waals surface area (Å²) in [6.45, 7) is 3.93. The van der Waals surface area contributed by atoms with Gasteiger partial charge in [0.25, 0.3) is 5.91 Å². The molecule has 1 aliphatic heterocycles. The number of amides is 1. The van der Waals surface area contributed by atoms with Crippen molar-refractivity contribution in [2.45, 2.75) is 51.9 Å². The highest BCUT2D eigenvalue weighted by Gasteiger charge is 2.22. The predicted molar refractivity (Wildman–Crippen MR) is 110 cm³/mol. The van der Waals surface area contributed by atoms with E-state index in [0.717, 1.165) is 54.6 Å². The molecule has 0 bridgehead atoms. The molecule has 142 valence electrons. The van der Waals surface area contributed by atoms with Crippen LogP contribution in [0, 0.1) is 0 Å². The molecule has 1 fully saturated rings. The first-order valence-electron chi connectivity index (χ1n) is 9.97. The van der Waals surface area contributed by atoms with E-state index in [-0.39, 0.29) is 5.91 Å². The van der Waals surface area contributed by atoms with E-state index in [9.17, 15) is 4.79 Å². The minimum absolute atomic E-state index is 0.0733. The van der Waals surface area contributed by atoms with Gasteiger partial charge < -0.3 is 9.88 Å². The third kappa shape index (κ3) is 3.90. The molecule has 1 N–H and O–H groups in total. The van der Waals surface area contributed by atoms with Gasteiger partial charge in [-0.3, -0.25) is 4.79 Å². The molecule has 0 atom stereocenters. The van der Waals surface area contributed by atoms with E-state index >= 15 is 0 Å². The van der Waals surface area contributed by atoms with Gasteiger partial charge in [0.1, 0.15) is 5.65 Å². The molecule has 6 heteroatoms. The summed E-state index contributed by atoms with van der Waals surface area (Å²) in [6, 6.07) is 2.22. The summed E-state index contributed by atoms with van der Waals surface area (Å²) in [7, 11) is 0. The van der Waals surface area contributed by atoms with E-state index < -0.39 is 0 Å². The zero-order chi connectivity index (χ0) is 18.6. The van der Waals surface area contributed by atoms with Gasteiger partial charge in [-0.15, -0.1) is 11.3 Å². The second kappa shape index (κ2) is 8.21. The molecule has 5 nitrogen and oxygen atoms in total. The Kier molecular flexibility index (Phi) is 5.53. The smallest absolute Gasteiger partial charge is 0.282 e. The molecule has 1 amide bonds. The van der Waals surface area contributed by atoms with Gasteiger partial charge in [-0.1, -0.05) is 19.8 Å². The van der Waals surface area contributed by atoms with Crippen molar-refractivity contribution >= 4 is 28.3 Å². The van der Waals surface area contributed by atoms with Crippen molar-refractivity contribution < 1.29 is 4.79 Å². The normalized spacial score (nSPS) is 14.8. The summed E-state index contributed by atoms with van der Waals surface area (Å²) in [5, 5.41) is 3.67. The first-order valence-corrected chi connectivity index (χ1v) is 10.9. The Hall–Kier alpha value is -2.21. The lowest BCUT2D eigenvalue weighted by Crippen LogP contribution is -2.35. The van der Waals surface area contributed by atoms with E-state index in [1.807, 2.05) is 22.7 Å². The Morgan fingerprint density at radius 2 is 2.11 bits per heavy atom. The highest BCUT2D eigenvalue weighted by Crippen LogP contribution is 2.30. The fourth-order valence-electron chi connectivity index (χ4n) is 3.70. The lowest BCUT2D eigenvalue weighted by molar-refractivity contribution is 0.0724. The lowest BCUT2D eigenvalue weighted by Gasteiger charge is -2.25. The molecule has 4 heterocycles. The van der Waals surface area contributed by atoms with Crippen molar-refractivity contribution in [1.82, 2.24) is 19.9 Å². The van der Waals surface area contributed by atoms with Gasteiger partial charge in [0.2, 0.25) is 0 Å². The number of aromatic amines is 1. The van der Waals surface area contributed by atoms with Crippen molar-refractivity contribution in [3.63, 3.8) is 0 Å². The van der Waals surface area contributed by atoms with Gasteiger partial charge >= 0.3 is 0 Å². The van der Waals surface area contributed by atoms with Crippen LogP contribution in [-0.4, -0.2) is 38.8 Å². The molecule has 0 radical (unpaired) electrons. The molecular formula is C21H26N4OS. The van der Waals surface area contributed by atoms with E-state index in [0.29, 0.717) is 5.01 Å². The lowest BCUT2D eigenvalue weighted by atomic mass is 10.1. The first-order chi connectivity index (χ1) is 13.3. The third-order valence-corrected chi connectivity index (χ3v) is 6.09. The fourth-order valence-corrected chi connectivity index (χ4v) is 4.49. The van der Waals surface area contributed by atoms with Crippen molar-refractivity contribution in [2.24, 2.45) is 0 Å². The zero-order valence-corrected chi connectivity index (χ0v) is 16.6. The molecule has 1 aliphatic rings. The van der Waals surface area contributed by atoms with E-state index in [2.05, 4.69) is 27.9 Å². The number of nitrogens with zero attached hydrogens (tertiary/aromatic N) is 3. The Bertz CT molecular complexity index is 923. The van der Waals surface area contributed by atoms with Crippen molar-refractivity contribution in [3.05, 3.63) is 34.4 Å². The number of unbranched alkanes of at least 4 members (excludes halogenated alkanes) is 2. The van der Waals surface area contributed by atoms with Gasteiger partial charge in [0, 0.05) is 41.8 Å². The van der Waals surface area contributed by atoms with Crippen molar-refractivity contribution in [1.29, 1.82) is 0 Å². The number of carbonyl (C=O) groups is 1. The molecule has 4 rings (SSSR count). The number of aromatic nitrogens is 3. The van der Waals surface area contributed by atoms with Crippen molar-refractivity contribution in [3.8, 4) is 11.3 Å². The van der Waals surface area contributed by atoms with Crippen LogP contribution in [0.3, 0.4) is 0 Å². The second-order valence-electron chi connectivity index (χ2n) is 7.29. The average molecular weight is 383 g/mol. The van der Waals surface area contributed by atoms with E-state index in [1.54, 1.807) is 0 Å². The Labute approximate surface area is 163 Å². The average Bonchev–Trinajstić information content (AvgIpc) is 3.35. The predicted octanol–water partition coefficient (Wildman–Crippen LogP) is 5.05. The largest absolute Gasteiger partial charge is 0.345 e. The number of nitrogens with one attached hydrogen (secondary N) is 1. The Morgan fingerprint density at radius 3 is 2.93 bits per heavy atom. The number of aryl methyl sites for hydroxylation is 1. The van der Waals surface area contributed by atoms with Crippen LogP contribution in [0.1, 0.15) is 60.8 Å². The highest BCUT2D eigenvalue weighted by molar-refractivity contribution is 7.12. The SMILES string of the molecule is CCCCCc1cnc2[nH]cc(-c3csc(C(=O)N4CCCCC4)n3)c2c1. The summed E-state index contributed by atoms with van der Waals surface area (Å²) in [5.41, 5.74) is 4.03. The number of hydrogen-bond donors (Lipinski definition) is 1. The molecule has 0 aliphatic carbocycles. The summed E-state index contributed by atoms with van der Waals surface area (Å²) in [6.07, 6.45) is 12.0. The number of thiazole rings is 1. The number of H-pyrrole nitrogens is 1. The maximum absolute atomic E-state index is 12.7. The van der Waals surface area contributed by atoms with Crippen molar-refractivity contribution in [2.75, 3.05) is 13.1 Å². The maximum Gasteiger partial charge on any atom is 0.282 e. The summed E-state index contributed by atoms with van der Waals surface area (Å²) in [4.78, 5) is 27.1. The fraction of sp³-hybridized carbons (Fsp3) is 0.476. The minimum atomic E-state index is 0.0733. The topological polar surface area (TPSA) is 61.9 Å². The molecule has 27 heavy (non-hydrogen) atoms. The van der Waals surface area contributed by atoms with Crippen LogP contribution in [0.2, 0.25) is 0 Å². The Balaban J connectivity index is 1.57. The van der Waals surface area contributed by atoms with Gasteiger partial charge in [0.05, 0.1) is 5.69 Å². The van der Waals surface area contributed by atoms with Crippen LogP contribution >= 0.6 is 11.3 Å². The Morgan fingerprint density at radius 1 is 1.26 bits per heavy atom. The van der Waals surface area contributed by atoms with Crippen LogP contribution in [-0.2, 0) is 6.42 Å². The zero-order valence-electron chi connectivity index (χ0n) is 15.8. The van der Waals surface area contributed by atoms with E-state index in [1.165, 1.54) is 42.6 Å². The molecular weight excluding hydrogens is 356 g/mol. The summed E-state index contributed by atoms with van der Waals surface area (Å²) in [5.74, 6) is 0.0733. The monoisotopic (exact) mass is 382 g/mol. The maximum atomic E-state index is 12.7. The summed E-state index contributed by atoms with van der Waals surface area (Å²) < 4.78 is 0. The number of piperidine rings is 1. The molecule has 0 spiro atoms. The van der Waals surface area contributed by atoms with Crippen LogP contribution in [0.5, 0.6) is 0 Å². The van der Waals surface area contributed by atoms with Gasteiger partial charge in [-0.2, -0.15) is 0 Å². The van der Waals surface area contributed by atoms with Crippen LogP contribution in [0.25, 0.3) is 22.3 Å². The molecule has 0 saturated carbocycles. The van der Waals surface area contributed by atoms with E-state index in [4.69, 9.17) is 0 Å². The minimum Gasteiger partial charge on any atom is -0.345 e. The second-order valence-corrected chi connectivity index (χ2v) is 8.15. The molecule has 3 aromatic heterocycles. The van der Waals surface area contributed by atoms with Gasteiger partial charge in [0.15, 0.2) is 5.01 Å². The number of likely N-dealkylation sites (tertiary alicyclic amines) is 1. The third-order valence-electron chi connectivity index (χ3n) is 5.26. The van der Waals surface area contributed by atoms with Crippen LogP contribution in [0.4, 0.5) is 0 Å². The van der Waals surface area contributed by atoms with Crippen LogP contribution in [0.15, 0.2) is 23.8 Å². The number of carbonyl (C=O) groups excluding carboxylic acids is 1. The van der Waals surface area contributed by atoms with Crippen LogP contribution < -0.4 is 0 Å². The summed E-state index contributed by atoms with van der Waals surface area (Å²) >= 11 is 1.44. The first kappa shape index (κ1) is 18.2. The molecule has 0 aromatic carbocycles. The molecule has 1 saturated heterocycles. The number of hydrogen-bond acceptors (Lipinski definition) is 4. The van der Waals surface area contributed by atoms with Gasteiger partial charge in [-0.25, -0.2) is 9.97 Å². The molecule has 3 aromatic rings. The quantitative estimate of drug-likeness (QED) is 0.607. The highest BCUT2D eigenvalue weighted by atomic mass is 32.1. The molecule has 0 unspecified atom stereocenters. The number of rotatable bonds is 6. The number of fused-ring (bicyclic) bond motifs is 1. The number of pyridine rings is 1.